The van der Waals surface area contributed by atoms with Crippen LogP contribution in [0.5, 0.6) is 0 Å². The Bertz CT molecular complexity index is 308. The zero-order valence-electron chi connectivity index (χ0n) is 10.3. The van der Waals surface area contributed by atoms with E-state index in [-0.39, 0.29) is 6.10 Å². The molecule has 0 bridgehead atoms. The lowest BCUT2D eigenvalue weighted by Crippen LogP contribution is -2.36. The first-order valence-electron chi connectivity index (χ1n) is 5.72. The fourth-order valence-corrected chi connectivity index (χ4v) is 1.38. The van der Waals surface area contributed by atoms with Crippen LogP contribution in [0, 0.1) is 5.95 Å². The average molecular weight is 242 g/mol. The van der Waals surface area contributed by atoms with Gasteiger partial charge in [0.2, 0.25) is 5.95 Å². The molecule has 0 unspecified atom stereocenters. The van der Waals surface area contributed by atoms with Crippen LogP contribution in [0.1, 0.15) is 13.8 Å². The maximum absolute atomic E-state index is 12.5. The molecule has 0 amide bonds. The second-order valence-corrected chi connectivity index (χ2v) is 4.03. The minimum absolute atomic E-state index is 0.167. The van der Waals surface area contributed by atoms with E-state index in [1.54, 1.807) is 26.1 Å². The van der Waals surface area contributed by atoms with Gasteiger partial charge in [0.05, 0.1) is 25.1 Å². The molecular formula is C12H19FN2O2. The van der Waals surface area contributed by atoms with Gasteiger partial charge < -0.3 is 14.7 Å². The lowest BCUT2D eigenvalue weighted by molar-refractivity contribution is 0.122. The van der Waals surface area contributed by atoms with E-state index in [1.165, 1.54) is 6.07 Å². The topological polar surface area (TPSA) is 45.6 Å². The fraction of sp³-hybridized carbons (Fsp3) is 0.583. The minimum Gasteiger partial charge on any atom is -0.394 e. The Morgan fingerprint density at radius 1 is 1.35 bits per heavy atom. The number of anilines is 1. The van der Waals surface area contributed by atoms with E-state index in [0.717, 1.165) is 32.0 Å². The van der Waals surface area contributed by atoms with Crippen molar-refractivity contribution in [3.05, 3.63) is 24.3 Å². The molecule has 1 aliphatic rings. The lowest BCUT2D eigenvalue weighted by Gasteiger charge is -2.28. The van der Waals surface area contributed by atoms with E-state index < -0.39 is 5.95 Å². The first kappa shape index (κ1) is 13.9. The van der Waals surface area contributed by atoms with Gasteiger partial charge in [-0.05, 0) is 26.0 Å². The Balaban J connectivity index is 0.000000317. The van der Waals surface area contributed by atoms with E-state index in [4.69, 9.17) is 9.84 Å². The molecular weight excluding hydrogens is 223 g/mol. The van der Waals surface area contributed by atoms with Gasteiger partial charge in [-0.1, -0.05) is 0 Å². The smallest absolute Gasteiger partial charge is 0.212 e. The van der Waals surface area contributed by atoms with Crippen LogP contribution in [0.15, 0.2) is 18.3 Å². The van der Waals surface area contributed by atoms with E-state index in [1.807, 2.05) is 0 Å². The highest BCUT2D eigenvalue weighted by molar-refractivity contribution is 5.43. The monoisotopic (exact) mass is 242 g/mol. The van der Waals surface area contributed by atoms with Crippen molar-refractivity contribution < 1.29 is 14.2 Å². The predicted molar refractivity (Wildman–Crippen MR) is 64.6 cm³/mol. The Kier molecular flexibility index (Phi) is 5.86. The number of morpholine rings is 1. The van der Waals surface area contributed by atoms with Crippen LogP contribution in [-0.2, 0) is 4.74 Å². The van der Waals surface area contributed by atoms with Crippen LogP contribution in [0.2, 0.25) is 0 Å². The highest BCUT2D eigenvalue weighted by atomic mass is 19.1. The molecule has 1 aromatic rings. The number of hydrogen-bond acceptors (Lipinski definition) is 4. The third-order valence-electron chi connectivity index (χ3n) is 2.09. The van der Waals surface area contributed by atoms with Gasteiger partial charge in [-0.3, -0.25) is 0 Å². The molecule has 2 rings (SSSR count). The van der Waals surface area contributed by atoms with Gasteiger partial charge in [-0.25, -0.2) is 4.98 Å². The first-order chi connectivity index (χ1) is 8.09. The van der Waals surface area contributed by atoms with Crippen LogP contribution >= 0.6 is 0 Å². The van der Waals surface area contributed by atoms with Crippen LogP contribution in [-0.4, -0.2) is 42.5 Å². The number of rotatable bonds is 1. The summed E-state index contributed by atoms with van der Waals surface area (Å²) in [6.45, 7) is 6.62. The summed E-state index contributed by atoms with van der Waals surface area (Å²) in [6.07, 6.45) is 1.39. The summed E-state index contributed by atoms with van der Waals surface area (Å²) in [7, 11) is 0. The first-order valence-corrected chi connectivity index (χ1v) is 5.72. The molecule has 1 N–H and O–H groups in total. The molecule has 0 radical (unpaired) electrons. The lowest BCUT2D eigenvalue weighted by atomic mass is 10.3. The van der Waals surface area contributed by atoms with Crippen molar-refractivity contribution in [1.29, 1.82) is 0 Å². The number of aliphatic hydroxyl groups is 1. The Morgan fingerprint density at radius 2 is 1.94 bits per heavy atom. The zero-order valence-corrected chi connectivity index (χ0v) is 10.3. The molecule has 2 heterocycles. The van der Waals surface area contributed by atoms with E-state index in [0.29, 0.717) is 0 Å². The molecule has 5 heteroatoms. The van der Waals surface area contributed by atoms with Gasteiger partial charge in [-0.2, -0.15) is 4.39 Å². The van der Waals surface area contributed by atoms with Gasteiger partial charge in [-0.15, -0.1) is 0 Å². The summed E-state index contributed by atoms with van der Waals surface area (Å²) in [6, 6.07) is 3.12. The Morgan fingerprint density at radius 3 is 2.41 bits per heavy atom. The number of hydrogen-bond donors (Lipinski definition) is 1. The molecule has 0 atom stereocenters. The summed E-state index contributed by atoms with van der Waals surface area (Å²) in [5, 5.41) is 8.06. The van der Waals surface area contributed by atoms with Crippen molar-refractivity contribution in [3.63, 3.8) is 0 Å². The predicted octanol–water partition coefficient (Wildman–Crippen LogP) is 1.44. The Hall–Kier alpha value is -1.20. The summed E-state index contributed by atoms with van der Waals surface area (Å²) >= 11 is 0. The third kappa shape index (κ3) is 5.60. The second kappa shape index (κ2) is 7.19. The number of aliphatic hydroxyl groups excluding tert-OH is 1. The standard InChI is InChI=1S/C9H11FN2O.C3H8O/c10-9-2-1-8(7-11-9)12-3-5-13-6-4-12;1-3(2)4/h1-2,7H,3-6H2;3-4H,1-2H3. The normalized spacial score (nSPS) is 15.5. The van der Waals surface area contributed by atoms with Gasteiger partial charge in [0, 0.05) is 19.2 Å². The van der Waals surface area contributed by atoms with Gasteiger partial charge in [0.25, 0.3) is 0 Å². The Labute approximate surface area is 101 Å². The number of pyridine rings is 1. The zero-order chi connectivity index (χ0) is 12.7. The van der Waals surface area contributed by atoms with Crippen molar-refractivity contribution >= 4 is 5.69 Å². The van der Waals surface area contributed by atoms with Crippen molar-refractivity contribution in [2.45, 2.75) is 20.0 Å². The van der Waals surface area contributed by atoms with E-state index in [2.05, 4.69) is 9.88 Å². The second-order valence-electron chi connectivity index (χ2n) is 4.03. The average Bonchev–Trinajstić information content (AvgIpc) is 2.30. The number of ether oxygens (including phenoxy) is 1. The SMILES string of the molecule is CC(C)O.Fc1ccc(N2CCOCC2)cn1. The summed E-state index contributed by atoms with van der Waals surface area (Å²) in [5.74, 6) is -0.433. The molecule has 0 aliphatic carbocycles. The van der Waals surface area contributed by atoms with Crippen LogP contribution < -0.4 is 4.90 Å². The molecule has 4 nitrogen and oxygen atoms in total. The van der Waals surface area contributed by atoms with Crippen molar-refractivity contribution in [1.82, 2.24) is 4.98 Å². The minimum atomic E-state index is -0.433. The highest BCUT2D eigenvalue weighted by Gasteiger charge is 2.10. The highest BCUT2D eigenvalue weighted by Crippen LogP contribution is 2.13. The van der Waals surface area contributed by atoms with Gasteiger partial charge in [0.1, 0.15) is 0 Å². The number of aromatic nitrogens is 1. The molecule has 1 aromatic heterocycles. The molecule has 0 aromatic carbocycles. The molecule has 0 spiro atoms. The molecule has 0 saturated carbocycles. The number of nitrogens with zero attached hydrogens (tertiary/aromatic N) is 2. The fourth-order valence-electron chi connectivity index (χ4n) is 1.38. The molecule has 1 saturated heterocycles. The van der Waals surface area contributed by atoms with Gasteiger partial charge in [0.15, 0.2) is 0 Å². The molecule has 96 valence electrons. The van der Waals surface area contributed by atoms with Crippen molar-refractivity contribution in [2.24, 2.45) is 0 Å². The van der Waals surface area contributed by atoms with Gasteiger partial charge >= 0.3 is 0 Å². The van der Waals surface area contributed by atoms with Crippen molar-refractivity contribution in [3.8, 4) is 0 Å². The van der Waals surface area contributed by atoms with E-state index in [9.17, 15) is 4.39 Å². The van der Waals surface area contributed by atoms with Crippen LogP contribution in [0.4, 0.5) is 10.1 Å². The van der Waals surface area contributed by atoms with Crippen LogP contribution in [0.25, 0.3) is 0 Å². The maximum Gasteiger partial charge on any atom is 0.212 e. The summed E-state index contributed by atoms with van der Waals surface area (Å²) < 4.78 is 17.7. The van der Waals surface area contributed by atoms with Crippen LogP contribution in [0.3, 0.4) is 0 Å². The quantitative estimate of drug-likeness (QED) is 0.757. The molecule has 1 aliphatic heterocycles. The molecule has 1 fully saturated rings. The van der Waals surface area contributed by atoms with Crippen molar-refractivity contribution in [2.75, 3.05) is 31.2 Å². The van der Waals surface area contributed by atoms with E-state index >= 15 is 0 Å². The third-order valence-corrected chi connectivity index (χ3v) is 2.09. The summed E-state index contributed by atoms with van der Waals surface area (Å²) in [5.41, 5.74) is 0.963. The summed E-state index contributed by atoms with van der Waals surface area (Å²) in [4.78, 5) is 5.74. The maximum atomic E-state index is 12.5. The number of halogens is 1. The molecule has 17 heavy (non-hydrogen) atoms. The largest absolute Gasteiger partial charge is 0.394 e.